The second-order valence-corrected chi connectivity index (χ2v) is 4.68. The molecule has 0 fully saturated rings. The van der Waals surface area contributed by atoms with Gasteiger partial charge >= 0.3 is 0 Å². The Bertz CT molecular complexity index is 388. The molecule has 0 unspecified atom stereocenters. The topological polar surface area (TPSA) is 20.3 Å². The Balaban J connectivity index is 2.94. The SMILES string of the molecule is CCN(CC(C=O)(CC)CC)c1cccc(F)c1. The van der Waals surface area contributed by atoms with Crippen LogP contribution in [0.5, 0.6) is 0 Å². The average molecular weight is 251 g/mol. The molecule has 1 aromatic rings. The molecular formula is C15H22FNO. The van der Waals surface area contributed by atoms with Gasteiger partial charge in [-0.05, 0) is 38.0 Å². The second kappa shape index (κ2) is 6.53. The monoisotopic (exact) mass is 251 g/mol. The van der Waals surface area contributed by atoms with Gasteiger partial charge in [-0.15, -0.1) is 0 Å². The van der Waals surface area contributed by atoms with E-state index in [4.69, 9.17) is 0 Å². The van der Waals surface area contributed by atoms with Crippen molar-refractivity contribution < 1.29 is 9.18 Å². The van der Waals surface area contributed by atoms with E-state index in [-0.39, 0.29) is 11.2 Å². The Kier molecular flexibility index (Phi) is 5.32. The lowest BCUT2D eigenvalue weighted by Gasteiger charge is -2.33. The highest BCUT2D eigenvalue weighted by Crippen LogP contribution is 2.27. The third kappa shape index (κ3) is 3.31. The van der Waals surface area contributed by atoms with E-state index < -0.39 is 0 Å². The summed E-state index contributed by atoms with van der Waals surface area (Å²) >= 11 is 0. The molecule has 0 N–H and O–H groups in total. The van der Waals surface area contributed by atoms with Crippen molar-refractivity contribution in [3.05, 3.63) is 30.1 Å². The minimum atomic E-state index is -0.331. The summed E-state index contributed by atoms with van der Waals surface area (Å²) in [4.78, 5) is 13.4. The van der Waals surface area contributed by atoms with Gasteiger partial charge in [-0.1, -0.05) is 19.9 Å². The molecule has 0 saturated heterocycles. The number of rotatable bonds is 7. The molecule has 18 heavy (non-hydrogen) atoms. The Morgan fingerprint density at radius 2 is 1.94 bits per heavy atom. The zero-order valence-electron chi connectivity index (χ0n) is 11.4. The van der Waals surface area contributed by atoms with Gasteiger partial charge in [-0.3, -0.25) is 0 Å². The van der Waals surface area contributed by atoms with Crippen molar-refractivity contribution >= 4 is 12.0 Å². The smallest absolute Gasteiger partial charge is 0.127 e. The van der Waals surface area contributed by atoms with Gasteiger partial charge in [-0.25, -0.2) is 4.39 Å². The molecule has 0 radical (unpaired) electrons. The second-order valence-electron chi connectivity index (χ2n) is 4.68. The number of halogens is 1. The molecule has 0 spiro atoms. The van der Waals surface area contributed by atoms with Gasteiger partial charge in [0.05, 0.1) is 0 Å². The van der Waals surface area contributed by atoms with E-state index in [0.29, 0.717) is 6.54 Å². The van der Waals surface area contributed by atoms with Crippen LogP contribution in [0, 0.1) is 11.2 Å². The summed E-state index contributed by atoms with van der Waals surface area (Å²) in [6, 6.07) is 6.54. The van der Waals surface area contributed by atoms with Gasteiger partial charge < -0.3 is 9.69 Å². The Morgan fingerprint density at radius 1 is 1.28 bits per heavy atom. The molecule has 0 aliphatic rings. The van der Waals surface area contributed by atoms with Crippen LogP contribution >= 0.6 is 0 Å². The van der Waals surface area contributed by atoms with Crippen LogP contribution in [0.2, 0.25) is 0 Å². The molecule has 0 aliphatic heterocycles. The fourth-order valence-corrected chi connectivity index (χ4v) is 2.12. The number of anilines is 1. The highest BCUT2D eigenvalue weighted by atomic mass is 19.1. The number of hydrogen-bond acceptors (Lipinski definition) is 2. The van der Waals surface area contributed by atoms with E-state index in [9.17, 15) is 9.18 Å². The van der Waals surface area contributed by atoms with Crippen LogP contribution in [0.3, 0.4) is 0 Å². The van der Waals surface area contributed by atoms with Crippen molar-refractivity contribution in [3.63, 3.8) is 0 Å². The average Bonchev–Trinajstić information content (AvgIpc) is 2.41. The molecule has 2 nitrogen and oxygen atoms in total. The van der Waals surface area contributed by atoms with Crippen molar-refractivity contribution in [1.29, 1.82) is 0 Å². The van der Waals surface area contributed by atoms with Crippen molar-refractivity contribution in [3.8, 4) is 0 Å². The fraction of sp³-hybridized carbons (Fsp3) is 0.533. The minimum absolute atomic E-state index is 0.240. The first-order chi connectivity index (χ1) is 8.60. The Labute approximate surface area is 109 Å². The maximum absolute atomic E-state index is 13.2. The molecule has 1 rings (SSSR count). The number of carbonyl (C=O) groups is 1. The van der Waals surface area contributed by atoms with Gasteiger partial charge in [0.2, 0.25) is 0 Å². The third-order valence-electron chi connectivity index (χ3n) is 3.72. The predicted octanol–water partition coefficient (Wildman–Crippen LogP) is 3.66. The Morgan fingerprint density at radius 3 is 2.39 bits per heavy atom. The number of hydrogen-bond donors (Lipinski definition) is 0. The van der Waals surface area contributed by atoms with Crippen molar-refractivity contribution in [2.45, 2.75) is 33.6 Å². The van der Waals surface area contributed by atoms with Crippen LogP contribution in [0.4, 0.5) is 10.1 Å². The summed E-state index contributed by atoms with van der Waals surface area (Å²) in [5, 5.41) is 0. The first-order valence-corrected chi connectivity index (χ1v) is 6.57. The fourth-order valence-electron chi connectivity index (χ4n) is 2.12. The molecule has 0 bridgehead atoms. The molecule has 1 aromatic carbocycles. The van der Waals surface area contributed by atoms with E-state index in [1.807, 2.05) is 26.8 Å². The molecule has 3 heteroatoms. The highest BCUT2D eigenvalue weighted by molar-refractivity contribution is 5.61. The van der Waals surface area contributed by atoms with Gasteiger partial charge in [0.15, 0.2) is 0 Å². The zero-order valence-corrected chi connectivity index (χ0v) is 11.4. The standard InChI is InChI=1S/C15H22FNO/c1-4-15(5-2,12-18)11-17(6-3)14-9-7-8-13(16)10-14/h7-10,12H,4-6,11H2,1-3H3. The van der Waals surface area contributed by atoms with Crippen LogP contribution in [0.1, 0.15) is 33.6 Å². The lowest BCUT2D eigenvalue weighted by molar-refractivity contribution is -0.116. The quantitative estimate of drug-likeness (QED) is 0.689. The predicted molar refractivity (Wildman–Crippen MR) is 73.4 cm³/mol. The molecule has 0 atom stereocenters. The summed E-state index contributed by atoms with van der Waals surface area (Å²) in [6.07, 6.45) is 2.66. The number of benzene rings is 1. The van der Waals surface area contributed by atoms with E-state index in [1.165, 1.54) is 12.1 Å². The van der Waals surface area contributed by atoms with Crippen LogP contribution in [-0.2, 0) is 4.79 Å². The first-order valence-electron chi connectivity index (χ1n) is 6.57. The molecule has 0 aliphatic carbocycles. The highest BCUT2D eigenvalue weighted by Gasteiger charge is 2.28. The van der Waals surface area contributed by atoms with Crippen LogP contribution in [-0.4, -0.2) is 19.4 Å². The summed E-state index contributed by atoms with van der Waals surface area (Å²) in [6.45, 7) is 7.48. The van der Waals surface area contributed by atoms with E-state index in [1.54, 1.807) is 6.07 Å². The molecule has 0 aromatic heterocycles. The normalized spacial score (nSPS) is 11.3. The molecule has 0 saturated carbocycles. The van der Waals surface area contributed by atoms with Crippen LogP contribution in [0.15, 0.2) is 24.3 Å². The van der Waals surface area contributed by atoms with Crippen molar-refractivity contribution in [2.75, 3.05) is 18.0 Å². The number of nitrogens with zero attached hydrogens (tertiary/aromatic N) is 1. The van der Waals surface area contributed by atoms with Gasteiger partial charge in [0.1, 0.15) is 12.1 Å². The van der Waals surface area contributed by atoms with Crippen molar-refractivity contribution in [1.82, 2.24) is 0 Å². The molecule has 0 heterocycles. The maximum atomic E-state index is 13.2. The molecule has 0 amide bonds. The largest absolute Gasteiger partial charge is 0.371 e. The number of aldehydes is 1. The van der Waals surface area contributed by atoms with Gasteiger partial charge in [0.25, 0.3) is 0 Å². The molecule has 100 valence electrons. The van der Waals surface area contributed by atoms with E-state index in [0.717, 1.165) is 31.4 Å². The van der Waals surface area contributed by atoms with Crippen molar-refractivity contribution in [2.24, 2.45) is 5.41 Å². The Hall–Kier alpha value is -1.38. The number of carbonyl (C=O) groups excluding carboxylic acids is 1. The van der Waals surface area contributed by atoms with E-state index in [2.05, 4.69) is 4.90 Å². The maximum Gasteiger partial charge on any atom is 0.127 e. The summed E-state index contributed by atoms with van der Waals surface area (Å²) in [7, 11) is 0. The molecular weight excluding hydrogens is 229 g/mol. The lowest BCUT2D eigenvalue weighted by Crippen LogP contribution is -2.38. The van der Waals surface area contributed by atoms with Gasteiger partial charge in [-0.2, -0.15) is 0 Å². The van der Waals surface area contributed by atoms with Gasteiger partial charge in [0, 0.05) is 24.2 Å². The van der Waals surface area contributed by atoms with Crippen LogP contribution < -0.4 is 4.90 Å². The first kappa shape index (κ1) is 14.7. The summed E-state index contributed by atoms with van der Waals surface area (Å²) in [5.41, 5.74) is 0.508. The minimum Gasteiger partial charge on any atom is -0.371 e. The zero-order chi connectivity index (χ0) is 13.6. The summed E-state index contributed by atoms with van der Waals surface area (Å²) < 4.78 is 13.2. The lowest BCUT2D eigenvalue weighted by atomic mass is 9.83. The van der Waals surface area contributed by atoms with Crippen LogP contribution in [0.25, 0.3) is 0 Å². The third-order valence-corrected chi connectivity index (χ3v) is 3.72. The van der Waals surface area contributed by atoms with E-state index >= 15 is 0 Å². The summed E-state index contributed by atoms with van der Waals surface area (Å²) in [5.74, 6) is -0.240.